The summed E-state index contributed by atoms with van der Waals surface area (Å²) in [6.45, 7) is 5.43. The van der Waals surface area contributed by atoms with E-state index in [0.717, 1.165) is 0 Å². The first-order valence-electron chi connectivity index (χ1n) is 4.58. The van der Waals surface area contributed by atoms with Gasteiger partial charge in [0.05, 0.1) is 6.61 Å². The van der Waals surface area contributed by atoms with E-state index < -0.39 is 17.7 Å². The second-order valence-corrected chi connectivity index (χ2v) is 3.97. The summed E-state index contributed by atoms with van der Waals surface area (Å²) >= 11 is 0. The van der Waals surface area contributed by atoms with Gasteiger partial charge >= 0.3 is 6.09 Å². The second kappa shape index (κ2) is 6.36. The van der Waals surface area contributed by atoms with Crippen LogP contribution >= 0.6 is 0 Å². The number of hydrogen-bond acceptors (Lipinski definition) is 5. The number of rotatable bonds is 5. The number of carbonyl (C=O) groups is 2. The van der Waals surface area contributed by atoms with Crippen molar-refractivity contribution >= 4 is 12.4 Å². The Morgan fingerprint density at radius 2 is 2.07 bits per heavy atom. The first kappa shape index (κ1) is 13.9. The Bertz CT molecular complexity index is 213. The molecule has 0 aromatic rings. The highest BCUT2D eigenvalue weighted by atomic mass is 16.6. The average molecular weight is 218 g/mol. The van der Waals surface area contributed by atoms with Crippen molar-refractivity contribution in [3.63, 3.8) is 0 Å². The summed E-state index contributed by atoms with van der Waals surface area (Å²) in [5, 5.41) is 0. The molecule has 1 atom stereocenters. The number of ether oxygens (including phenoxy) is 2. The molecule has 0 saturated carbocycles. The summed E-state index contributed by atoms with van der Waals surface area (Å²) in [5.41, 5.74) is 4.16. The predicted molar refractivity (Wildman–Crippen MR) is 54.2 cm³/mol. The van der Waals surface area contributed by atoms with Crippen LogP contribution in [0.25, 0.3) is 0 Å². The maximum atomic E-state index is 11.1. The maximum Gasteiger partial charge on any atom is 0.422 e. The van der Waals surface area contributed by atoms with Crippen molar-refractivity contribution in [2.75, 3.05) is 13.7 Å². The SMILES string of the molecule is COC[C@@H](C=O)NNC(=O)OC(C)(C)C. The fraction of sp³-hybridized carbons (Fsp3) is 0.778. The van der Waals surface area contributed by atoms with E-state index in [1.54, 1.807) is 20.8 Å². The normalized spacial score (nSPS) is 13.1. The standard InChI is InChI=1S/C9H18N2O4/c1-9(2,3)15-8(13)11-10-7(5-12)6-14-4/h5,7,10H,6H2,1-4H3,(H,11,13)/t7-/m1/s1. The zero-order chi connectivity index (χ0) is 11.9. The molecule has 0 heterocycles. The van der Waals surface area contributed by atoms with Gasteiger partial charge in [0.25, 0.3) is 0 Å². The molecule has 0 aliphatic carbocycles. The maximum absolute atomic E-state index is 11.1. The van der Waals surface area contributed by atoms with E-state index in [-0.39, 0.29) is 6.61 Å². The summed E-state index contributed by atoms with van der Waals surface area (Å²) in [4.78, 5) is 21.6. The lowest BCUT2D eigenvalue weighted by Crippen LogP contribution is -2.48. The quantitative estimate of drug-likeness (QED) is 0.510. The van der Waals surface area contributed by atoms with Crippen LogP contribution in [0, 0.1) is 0 Å². The Hall–Kier alpha value is -1.14. The molecular weight excluding hydrogens is 200 g/mol. The van der Waals surface area contributed by atoms with Gasteiger partial charge in [-0.1, -0.05) is 0 Å². The highest BCUT2D eigenvalue weighted by molar-refractivity contribution is 5.68. The van der Waals surface area contributed by atoms with Gasteiger partial charge in [-0.05, 0) is 20.8 Å². The third kappa shape index (κ3) is 7.90. The van der Waals surface area contributed by atoms with E-state index in [1.807, 2.05) is 0 Å². The van der Waals surface area contributed by atoms with Crippen LogP contribution in [0.2, 0.25) is 0 Å². The minimum absolute atomic E-state index is 0.180. The van der Waals surface area contributed by atoms with Gasteiger partial charge < -0.3 is 14.3 Å². The van der Waals surface area contributed by atoms with Gasteiger partial charge in [-0.15, -0.1) is 0 Å². The molecule has 0 aliphatic heterocycles. The molecule has 0 saturated heterocycles. The van der Waals surface area contributed by atoms with E-state index in [0.29, 0.717) is 6.29 Å². The van der Waals surface area contributed by atoms with E-state index in [1.165, 1.54) is 7.11 Å². The summed E-state index contributed by atoms with van der Waals surface area (Å²) in [7, 11) is 1.46. The molecule has 6 heteroatoms. The van der Waals surface area contributed by atoms with Crippen LogP contribution in [0.4, 0.5) is 4.79 Å². The van der Waals surface area contributed by atoms with Gasteiger partial charge in [0.15, 0.2) is 0 Å². The predicted octanol–water partition coefficient (Wildman–Crippen LogP) is 0.230. The largest absolute Gasteiger partial charge is 0.443 e. The molecule has 2 N–H and O–H groups in total. The van der Waals surface area contributed by atoms with E-state index in [9.17, 15) is 9.59 Å². The number of methoxy groups -OCH3 is 1. The van der Waals surface area contributed by atoms with Gasteiger partial charge in [0.2, 0.25) is 0 Å². The molecule has 0 aliphatic rings. The fourth-order valence-corrected chi connectivity index (χ4v) is 0.750. The first-order valence-corrected chi connectivity index (χ1v) is 4.58. The Balaban J connectivity index is 3.83. The summed E-state index contributed by atoms with van der Waals surface area (Å²) in [6, 6.07) is -0.581. The molecule has 0 aromatic carbocycles. The van der Waals surface area contributed by atoms with Crippen LogP contribution < -0.4 is 10.9 Å². The summed E-state index contributed by atoms with van der Waals surface area (Å²) < 4.78 is 9.68. The second-order valence-electron chi connectivity index (χ2n) is 3.97. The topological polar surface area (TPSA) is 76.7 Å². The van der Waals surface area contributed by atoms with Gasteiger partial charge in [-0.3, -0.25) is 5.43 Å². The Kier molecular flexibility index (Phi) is 5.88. The Labute approximate surface area is 89.3 Å². The molecule has 0 aromatic heterocycles. The smallest absolute Gasteiger partial charge is 0.422 e. The van der Waals surface area contributed by atoms with Gasteiger partial charge in [-0.2, -0.15) is 0 Å². The van der Waals surface area contributed by atoms with Crippen LogP contribution in [0.1, 0.15) is 20.8 Å². The van der Waals surface area contributed by atoms with Gasteiger partial charge in [-0.25, -0.2) is 10.2 Å². The molecule has 0 unspecified atom stereocenters. The number of hydrogen-bond donors (Lipinski definition) is 2. The molecule has 1 amide bonds. The van der Waals surface area contributed by atoms with Crippen molar-refractivity contribution < 1.29 is 19.1 Å². The van der Waals surface area contributed by atoms with Crippen molar-refractivity contribution in [3.8, 4) is 0 Å². The number of carbonyl (C=O) groups excluding carboxylic acids is 2. The van der Waals surface area contributed by atoms with Crippen LogP contribution in [-0.2, 0) is 14.3 Å². The van der Waals surface area contributed by atoms with E-state index >= 15 is 0 Å². The Morgan fingerprint density at radius 1 is 1.47 bits per heavy atom. The lowest BCUT2D eigenvalue weighted by atomic mass is 10.2. The van der Waals surface area contributed by atoms with Crippen molar-refractivity contribution in [1.82, 2.24) is 10.9 Å². The number of nitrogens with one attached hydrogen (secondary N) is 2. The number of hydrazine groups is 1. The average Bonchev–Trinajstić information content (AvgIpc) is 2.09. The van der Waals surface area contributed by atoms with Crippen LogP contribution in [0.3, 0.4) is 0 Å². The number of aldehydes is 1. The molecule has 0 rings (SSSR count). The molecule has 0 radical (unpaired) electrons. The number of amides is 1. The molecule has 0 bridgehead atoms. The van der Waals surface area contributed by atoms with E-state index in [4.69, 9.17) is 9.47 Å². The van der Waals surface area contributed by atoms with Crippen LogP contribution in [0.5, 0.6) is 0 Å². The molecule has 88 valence electrons. The minimum atomic E-state index is -0.634. The fourth-order valence-electron chi connectivity index (χ4n) is 0.750. The van der Waals surface area contributed by atoms with Crippen molar-refractivity contribution in [1.29, 1.82) is 0 Å². The zero-order valence-corrected chi connectivity index (χ0v) is 9.49. The molecule has 15 heavy (non-hydrogen) atoms. The highest BCUT2D eigenvalue weighted by Gasteiger charge is 2.16. The van der Waals surface area contributed by atoms with Crippen molar-refractivity contribution in [2.45, 2.75) is 32.4 Å². The third-order valence-electron chi connectivity index (χ3n) is 1.27. The highest BCUT2D eigenvalue weighted by Crippen LogP contribution is 2.05. The van der Waals surface area contributed by atoms with Crippen molar-refractivity contribution in [3.05, 3.63) is 0 Å². The molecule has 6 nitrogen and oxygen atoms in total. The van der Waals surface area contributed by atoms with Gasteiger partial charge in [0, 0.05) is 7.11 Å². The zero-order valence-electron chi connectivity index (χ0n) is 9.49. The van der Waals surface area contributed by atoms with Crippen LogP contribution in [-0.4, -0.2) is 37.7 Å². The van der Waals surface area contributed by atoms with Gasteiger partial charge in [0.1, 0.15) is 17.9 Å². The first-order chi connectivity index (χ1) is 6.89. The van der Waals surface area contributed by atoms with Crippen molar-refractivity contribution in [2.24, 2.45) is 0 Å². The molecule has 0 fully saturated rings. The minimum Gasteiger partial charge on any atom is -0.443 e. The van der Waals surface area contributed by atoms with Crippen LogP contribution in [0.15, 0.2) is 0 Å². The monoisotopic (exact) mass is 218 g/mol. The molecular formula is C9H18N2O4. The lowest BCUT2D eigenvalue weighted by molar-refractivity contribution is -0.110. The third-order valence-corrected chi connectivity index (χ3v) is 1.27. The summed E-state index contributed by atoms with van der Waals surface area (Å²) in [5.74, 6) is 0. The van der Waals surface area contributed by atoms with E-state index in [2.05, 4.69) is 10.9 Å². The molecule has 0 spiro atoms. The Morgan fingerprint density at radius 3 is 2.47 bits per heavy atom. The summed E-state index contributed by atoms with van der Waals surface area (Å²) in [6.07, 6.45) is 0.00591. The lowest BCUT2D eigenvalue weighted by Gasteiger charge is -2.20.